The highest BCUT2D eigenvalue weighted by atomic mass is 79.9. The topological polar surface area (TPSA) is 26.0 Å². The largest absolute Gasteiger partial charge is 0.330 e. The van der Waals surface area contributed by atoms with E-state index in [1.165, 1.54) is 12.8 Å². The third-order valence-corrected chi connectivity index (χ3v) is 4.67. The van der Waals surface area contributed by atoms with E-state index in [1.54, 1.807) is 13.0 Å². The lowest BCUT2D eigenvalue weighted by Gasteiger charge is -2.28. The summed E-state index contributed by atoms with van der Waals surface area (Å²) < 4.78 is 14.6. The Morgan fingerprint density at radius 3 is 2.50 bits per heavy atom. The van der Waals surface area contributed by atoms with Crippen LogP contribution in [0.5, 0.6) is 0 Å². The lowest BCUT2D eigenvalue weighted by molar-refractivity contribution is 0.449. The van der Waals surface area contributed by atoms with Gasteiger partial charge in [-0.15, -0.1) is 0 Å². The van der Waals surface area contributed by atoms with E-state index in [0.29, 0.717) is 12.1 Å². The lowest BCUT2D eigenvalue weighted by Crippen LogP contribution is -2.32. The van der Waals surface area contributed by atoms with Gasteiger partial charge in [0.25, 0.3) is 0 Å². The highest BCUT2D eigenvalue weighted by Gasteiger charge is 2.34. The van der Waals surface area contributed by atoms with Crippen molar-refractivity contribution in [1.82, 2.24) is 0 Å². The van der Waals surface area contributed by atoms with Crippen LogP contribution in [0.3, 0.4) is 0 Å². The van der Waals surface area contributed by atoms with Crippen LogP contribution in [-0.4, -0.2) is 6.54 Å². The molecule has 0 unspecified atom stereocenters. The lowest BCUT2D eigenvalue weighted by atomic mass is 9.79. The molecule has 1 aromatic carbocycles. The van der Waals surface area contributed by atoms with Crippen molar-refractivity contribution in [2.45, 2.75) is 38.0 Å². The van der Waals surface area contributed by atoms with Gasteiger partial charge in [0.05, 0.1) is 0 Å². The highest BCUT2D eigenvalue weighted by molar-refractivity contribution is 9.10. The summed E-state index contributed by atoms with van der Waals surface area (Å²) in [5, 5.41) is 0. The van der Waals surface area contributed by atoms with Crippen molar-refractivity contribution in [3.05, 3.63) is 33.5 Å². The van der Waals surface area contributed by atoms with E-state index in [-0.39, 0.29) is 11.2 Å². The molecular weight excluding hydrogens is 269 g/mol. The molecular formula is C13H17BrFN. The Labute approximate surface area is 104 Å². The predicted molar refractivity (Wildman–Crippen MR) is 68.0 cm³/mol. The van der Waals surface area contributed by atoms with Crippen molar-refractivity contribution in [2.24, 2.45) is 5.73 Å². The molecule has 1 nitrogen and oxygen atoms in total. The fraction of sp³-hybridized carbons (Fsp3) is 0.538. The molecule has 0 radical (unpaired) electrons. The molecule has 16 heavy (non-hydrogen) atoms. The van der Waals surface area contributed by atoms with Crippen molar-refractivity contribution >= 4 is 15.9 Å². The predicted octanol–water partition coefficient (Wildman–Crippen LogP) is 3.67. The fourth-order valence-electron chi connectivity index (χ4n) is 2.61. The van der Waals surface area contributed by atoms with E-state index in [2.05, 4.69) is 15.9 Å². The highest BCUT2D eigenvalue weighted by Crippen LogP contribution is 2.41. The van der Waals surface area contributed by atoms with Gasteiger partial charge < -0.3 is 5.73 Å². The van der Waals surface area contributed by atoms with Gasteiger partial charge in [0.2, 0.25) is 0 Å². The van der Waals surface area contributed by atoms with E-state index < -0.39 is 0 Å². The normalized spacial score (nSPS) is 19.0. The van der Waals surface area contributed by atoms with Gasteiger partial charge in [-0.2, -0.15) is 0 Å². The quantitative estimate of drug-likeness (QED) is 0.882. The van der Waals surface area contributed by atoms with Gasteiger partial charge in [0.1, 0.15) is 5.82 Å². The molecule has 0 aliphatic heterocycles. The monoisotopic (exact) mass is 285 g/mol. The van der Waals surface area contributed by atoms with E-state index in [4.69, 9.17) is 5.73 Å². The molecule has 88 valence electrons. The summed E-state index contributed by atoms with van der Waals surface area (Å²) in [7, 11) is 0. The Hall–Kier alpha value is -0.410. The maximum absolute atomic E-state index is 13.7. The molecule has 1 saturated carbocycles. The zero-order valence-electron chi connectivity index (χ0n) is 9.52. The molecule has 0 aromatic heterocycles. The number of rotatable bonds is 2. The molecule has 0 bridgehead atoms. The number of halogens is 2. The zero-order chi connectivity index (χ0) is 11.8. The van der Waals surface area contributed by atoms with Gasteiger partial charge in [-0.25, -0.2) is 4.39 Å². The minimum absolute atomic E-state index is 0.0110. The van der Waals surface area contributed by atoms with Crippen LogP contribution in [0, 0.1) is 12.7 Å². The molecule has 1 aliphatic rings. The van der Waals surface area contributed by atoms with Gasteiger partial charge >= 0.3 is 0 Å². The van der Waals surface area contributed by atoms with Gasteiger partial charge in [-0.1, -0.05) is 28.8 Å². The average molecular weight is 286 g/mol. The number of hydrogen-bond acceptors (Lipinski definition) is 1. The Bertz CT molecular complexity index is 374. The van der Waals surface area contributed by atoms with Crippen molar-refractivity contribution in [3.8, 4) is 0 Å². The summed E-state index contributed by atoms with van der Waals surface area (Å²) in [6.45, 7) is 2.40. The number of nitrogens with two attached hydrogens (primary N) is 1. The van der Waals surface area contributed by atoms with Crippen LogP contribution in [0.25, 0.3) is 0 Å². The molecule has 2 N–H and O–H groups in total. The van der Waals surface area contributed by atoms with Gasteiger partial charge in [0, 0.05) is 16.4 Å². The van der Waals surface area contributed by atoms with Crippen molar-refractivity contribution in [1.29, 1.82) is 0 Å². The molecule has 1 aliphatic carbocycles. The van der Waals surface area contributed by atoms with Crippen molar-refractivity contribution in [2.75, 3.05) is 6.54 Å². The van der Waals surface area contributed by atoms with Crippen molar-refractivity contribution < 1.29 is 4.39 Å². The Morgan fingerprint density at radius 1 is 1.38 bits per heavy atom. The summed E-state index contributed by atoms with van der Waals surface area (Å²) in [4.78, 5) is 0. The van der Waals surface area contributed by atoms with E-state index in [1.807, 2.05) is 6.07 Å². The third kappa shape index (κ3) is 1.91. The number of hydrogen-bond donors (Lipinski definition) is 1. The summed E-state index contributed by atoms with van der Waals surface area (Å²) >= 11 is 3.42. The van der Waals surface area contributed by atoms with Crippen molar-refractivity contribution in [3.63, 3.8) is 0 Å². The summed E-state index contributed by atoms with van der Waals surface area (Å²) in [5.41, 5.74) is 7.65. The van der Waals surface area contributed by atoms with Gasteiger partial charge in [-0.05, 0) is 43.0 Å². The van der Waals surface area contributed by atoms with Crippen LogP contribution >= 0.6 is 15.9 Å². The van der Waals surface area contributed by atoms with Crippen LogP contribution in [0.2, 0.25) is 0 Å². The molecule has 0 amide bonds. The molecule has 0 saturated heterocycles. The zero-order valence-corrected chi connectivity index (χ0v) is 11.1. The second kappa shape index (κ2) is 4.46. The van der Waals surface area contributed by atoms with Crippen LogP contribution in [0.4, 0.5) is 4.39 Å². The Balaban J connectivity index is 2.47. The second-order valence-electron chi connectivity index (χ2n) is 4.76. The first-order valence-electron chi connectivity index (χ1n) is 5.75. The Kier molecular flexibility index (Phi) is 3.36. The minimum Gasteiger partial charge on any atom is -0.330 e. The minimum atomic E-state index is -0.135. The first-order chi connectivity index (χ1) is 7.59. The second-order valence-corrected chi connectivity index (χ2v) is 5.61. The molecule has 1 fully saturated rings. The fourth-order valence-corrected chi connectivity index (χ4v) is 3.05. The molecule has 0 atom stereocenters. The summed E-state index contributed by atoms with van der Waals surface area (Å²) in [5.74, 6) is -0.135. The van der Waals surface area contributed by atoms with E-state index in [9.17, 15) is 4.39 Å². The SMILES string of the molecule is Cc1c(F)cc(C2(CN)CCCC2)cc1Br. The average Bonchev–Trinajstić information content (AvgIpc) is 2.75. The summed E-state index contributed by atoms with van der Waals surface area (Å²) in [6, 6.07) is 3.70. The molecule has 0 spiro atoms. The van der Waals surface area contributed by atoms with Gasteiger partial charge in [-0.3, -0.25) is 0 Å². The maximum atomic E-state index is 13.7. The molecule has 0 heterocycles. The van der Waals surface area contributed by atoms with Crippen LogP contribution in [0.1, 0.15) is 36.8 Å². The van der Waals surface area contributed by atoms with Crippen LogP contribution < -0.4 is 5.73 Å². The summed E-state index contributed by atoms with van der Waals surface area (Å²) in [6.07, 6.45) is 4.56. The van der Waals surface area contributed by atoms with Crippen LogP contribution in [0.15, 0.2) is 16.6 Å². The molecule has 1 aromatic rings. The Morgan fingerprint density at radius 2 is 2.00 bits per heavy atom. The van der Waals surface area contributed by atoms with E-state index in [0.717, 1.165) is 22.9 Å². The van der Waals surface area contributed by atoms with Gasteiger partial charge in [0.15, 0.2) is 0 Å². The smallest absolute Gasteiger partial charge is 0.127 e. The van der Waals surface area contributed by atoms with Crippen LogP contribution in [-0.2, 0) is 5.41 Å². The third-order valence-electron chi connectivity index (χ3n) is 3.84. The first-order valence-corrected chi connectivity index (χ1v) is 6.54. The van der Waals surface area contributed by atoms with E-state index >= 15 is 0 Å². The first kappa shape index (κ1) is 12.1. The molecule has 2 rings (SSSR count). The molecule has 3 heteroatoms. The maximum Gasteiger partial charge on any atom is 0.127 e. The number of benzene rings is 1. The standard InChI is InChI=1S/C13H17BrFN/c1-9-11(14)6-10(7-12(9)15)13(8-16)4-2-3-5-13/h6-7H,2-5,8,16H2,1H3.